The quantitative estimate of drug-likeness (QED) is 0.272. The van der Waals surface area contributed by atoms with Gasteiger partial charge in [-0.2, -0.15) is 0 Å². The molecule has 36 heavy (non-hydrogen) atoms. The summed E-state index contributed by atoms with van der Waals surface area (Å²) in [5.41, 5.74) is 10.6. The molecule has 4 N–H and O–H groups in total. The average molecular weight is 504 g/mol. The Bertz CT molecular complexity index is 1370. The van der Waals surface area contributed by atoms with Gasteiger partial charge in [-0.3, -0.25) is 9.59 Å². The van der Waals surface area contributed by atoms with Crippen LogP contribution in [0.3, 0.4) is 0 Å². The van der Waals surface area contributed by atoms with E-state index in [1.165, 1.54) is 0 Å². The third-order valence-corrected chi connectivity index (χ3v) is 7.10. The maximum absolute atomic E-state index is 12.9. The summed E-state index contributed by atoms with van der Waals surface area (Å²) in [6.45, 7) is 0. The lowest BCUT2D eigenvalue weighted by Gasteiger charge is -2.22. The molecule has 0 spiro atoms. The van der Waals surface area contributed by atoms with Crippen LogP contribution in [0.25, 0.3) is 10.9 Å². The normalized spacial score (nSPS) is 11.9. The SMILES string of the molecule is COc1ccc(N(C)C(=O)[C@@H](N)Cc2cccc(SCc3[nH]c4ccccc4c3CC(=O)O)c2)cc1. The monoisotopic (exact) mass is 503 g/mol. The molecule has 1 amide bonds. The molecular formula is C28H29N3O4S. The van der Waals surface area contributed by atoms with E-state index >= 15 is 0 Å². The minimum Gasteiger partial charge on any atom is -0.497 e. The first-order valence-corrected chi connectivity index (χ1v) is 12.5. The number of nitrogens with one attached hydrogen (secondary N) is 1. The number of carboxylic acids is 1. The number of nitrogens with zero attached hydrogens (tertiary/aromatic N) is 1. The number of thioether (sulfide) groups is 1. The predicted molar refractivity (Wildman–Crippen MR) is 144 cm³/mol. The number of likely N-dealkylation sites (N-methyl/N-ethyl adjacent to an activating group) is 1. The van der Waals surface area contributed by atoms with Gasteiger partial charge < -0.3 is 25.5 Å². The van der Waals surface area contributed by atoms with Crippen molar-refractivity contribution >= 4 is 40.2 Å². The largest absolute Gasteiger partial charge is 0.497 e. The van der Waals surface area contributed by atoms with Gasteiger partial charge in [-0.15, -0.1) is 11.8 Å². The minimum atomic E-state index is -0.855. The zero-order valence-electron chi connectivity index (χ0n) is 20.2. The standard InChI is InChI=1S/C28H29N3O4S/c1-31(19-10-12-20(35-2)13-11-19)28(34)24(29)15-18-6-5-7-21(14-18)36-17-26-23(16-27(32)33)22-8-3-4-9-25(22)30-26/h3-14,24,30H,15-17,29H2,1-2H3,(H,32,33)/t24-/m0/s1. The highest BCUT2D eigenvalue weighted by molar-refractivity contribution is 7.98. The van der Waals surface area contributed by atoms with Crippen LogP contribution >= 0.6 is 11.8 Å². The fraction of sp³-hybridized carbons (Fsp3) is 0.214. The van der Waals surface area contributed by atoms with Gasteiger partial charge in [0.2, 0.25) is 5.91 Å². The van der Waals surface area contributed by atoms with Crippen LogP contribution in [0.2, 0.25) is 0 Å². The Morgan fingerprint density at radius 3 is 2.56 bits per heavy atom. The van der Waals surface area contributed by atoms with Crippen LogP contribution in [0.5, 0.6) is 5.75 Å². The Morgan fingerprint density at radius 1 is 1.08 bits per heavy atom. The number of para-hydroxylation sites is 1. The number of rotatable bonds is 10. The molecule has 0 saturated heterocycles. The number of carbonyl (C=O) groups is 2. The molecule has 0 aliphatic rings. The maximum atomic E-state index is 12.9. The molecular weight excluding hydrogens is 474 g/mol. The van der Waals surface area contributed by atoms with Crippen molar-refractivity contribution in [1.29, 1.82) is 0 Å². The van der Waals surface area contributed by atoms with Gasteiger partial charge in [-0.25, -0.2) is 0 Å². The molecule has 7 nitrogen and oxygen atoms in total. The van der Waals surface area contributed by atoms with Crippen LogP contribution in [0, 0.1) is 0 Å². The second-order valence-electron chi connectivity index (χ2n) is 8.54. The van der Waals surface area contributed by atoms with E-state index in [1.807, 2.05) is 60.7 Å². The lowest BCUT2D eigenvalue weighted by atomic mass is 10.1. The number of carbonyl (C=O) groups excluding carboxylic acids is 1. The molecule has 0 bridgehead atoms. The third kappa shape index (κ3) is 5.90. The van der Waals surface area contributed by atoms with Crippen LogP contribution < -0.4 is 15.4 Å². The Balaban J connectivity index is 1.42. The highest BCUT2D eigenvalue weighted by Crippen LogP contribution is 2.30. The Labute approximate surface area is 214 Å². The molecule has 4 rings (SSSR count). The van der Waals surface area contributed by atoms with E-state index in [2.05, 4.69) is 4.98 Å². The number of nitrogens with two attached hydrogens (primary N) is 1. The molecule has 4 aromatic rings. The highest BCUT2D eigenvalue weighted by atomic mass is 32.2. The molecule has 1 heterocycles. The number of methoxy groups -OCH3 is 1. The highest BCUT2D eigenvalue weighted by Gasteiger charge is 2.20. The number of anilines is 1. The fourth-order valence-electron chi connectivity index (χ4n) is 4.17. The maximum Gasteiger partial charge on any atom is 0.307 e. The van der Waals surface area contributed by atoms with Gasteiger partial charge in [-0.05, 0) is 60.0 Å². The number of fused-ring (bicyclic) bond motifs is 1. The summed E-state index contributed by atoms with van der Waals surface area (Å²) in [6.07, 6.45) is 0.378. The van der Waals surface area contributed by atoms with Crippen LogP contribution in [-0.2, 0) is 28.2 Å². The number of hydrogen-bond donors (Lipinski definition) is 3. The molecule has 0 aliphatic heterocycles. The Morgan fingerprint density at radius 2 is 1.83 bits per heavy atom. The van der Waals surface area contributed by atoms with Crippen molar-refractivity contribution in [2.75, 3.05) is 19.1 Å². The van der Waals surface area contributed by atoms with Crippen molar-refractivity contribution in [3.8, 4) is 5.75 Å². The van der Waals surface area contributed by atoms with Crippen molar-refractivity contribution in [2.24, 2.45) is 5.73 Å². The first-order valence-electron chi connectivity index (χ1n) is 11.5. The summed E-state index contributed by atoms with van der Waals surface area (Å²) >= 11 is 1.61. The summed E-state index contributed by atoms with van der Waals surface area (Å²) in [6, 6.07) is 22.3. The second kappa shape index (κ2) is 11.3. The number of amides is 1. The zero-order chi connectivity index (χ0) is 25.7. The topological polar surface area (TPSA) is 109 Å². The van der Waals surface area contributed by atoms with Crippen molar-refractivity contribution in [3.63, 3.8) is 0 Å². The minimum absolute atomic E-state index is 0.0291. The first kappa shape index (κ1) is 25.3. The van der Waals surface area contributed by atoms with E-state index in [0.717, 1.165) is 44.1 Å². The number of aromatic nitrogens is 1. The lowest BCUT2D eigenvalue weighted by molar-refractivity contribution is -0.136. The van der Waals surface area contributed by atoms with Gasteiger partial charge in [0, 0.05) is 40.0 Å². The van der Waals surface area contributed by atoms with Gasteiger partial charge >= 0.3 is 5.97 Å². The number of aromatic amines is 1. The molecule has 1 aromatic heterocycles. The van der Waals surface area contributed by atoms with E-state index in [4.69, 9.17) is 10.5 Å². The molecule has 0 fully saturated rings. The number of aliphatic carboxylic acids is 1. The Hall–Kier alpha value is -3.75. The molecule has 1 atom stereocenters. The summed E-state index contributed by atoms with van der Waals surface area (Å²) in [7, 11) is 3.31. The number of benzene rings is 3. The predicted octanol–water partition coefficient (Wildman–Crippen LogP) is 4.63. The van der Waals surface area contributed by atoms with Gasteiger partial charge in [-0.1, -0.05) is 30.3 Å². The van der Waals surface area contributed by atoms with Gasteiger partial charge in [0.15, 0.2) is 0 Å². The second-order valence-corrected chi connectivity index (χ2v) is 9.59. The summed E-state index contributed by atoms with van der Waals surface area (Å²) in [4.78, 5) is 30.3. The number of carboxylic acid groups (broad SMARTS) is 1. The van der Waals surface area contributed by atoms with E-state index in [9.17, 15) is 14.7 Å². The molecule has 186 valence electrons. The average Bonchev–Trinajstić information content (AvgIpc) is 3.23. The number of ether oxygens (including phenoxy) is 1. The molecule has 0 saturated carbocycles. The van der Waals surface area contributed by atoms with Crippen LogP contribution in [-0.4, -0.2) is 42.2 Å². The Kier molecular flexibility index (Phi) is 7.97. The van der Waals surface area contributed by atoms with E-state index in [-0.39, 0.29) is 12.3 Å². The summed E-state index contributed by atoms with van der Waals surface area (Å²) in [5.74, 6) is 0.299. The van der Waals surface area contributed by atoms with E-state index in [1.54, 1.807) is 43.0 Å². The van der Waals surface area contributed by atoms with Crippen molar-refractivity contribution in [3.05, 3.63) is 89.6 Å². The van der Waals surface area contributed by atoms with E-state index < -0.39 is 12.0 Å². The zero-order valence-corrected chi connectivity index (χ0v) is 21.0. The van der Waals surface area contributed by atoms with Crippen molar-refractivity contribution in [1.82, 2.24) is 4.98 Å². The smallest absolute Gasteiger partial charge is 0.307 e. The van der Waals surface area contributed by atoms with E-state index in [0.29, 0.717) is 12.2 Å². The van der Waals surface area contributed by atoms with Gasteiger partial charge in [0.1, 0.15) is 5.75 Å². The van der Waals surface area contributed by atoms with Gasteiger partial charge in [0.05, 0.1) is 19.6 Å². The molecule has 0 aliphatic carbocycles. The lowest BCUT2D eigenvalue weighted by Crippen LogP contribution is -2.43. The van der Waals surface area contributed by atoms with Crippen molar-refractivity contribution in [2.45, 2.75) is 29.5 Å². The molecule has 0 unspecified atom stereocenters. The molecule has 3 aromatic carbocycles. The van der Waals surface area contributed by atoms with Gasteiger partial charge in [0.25, 0.3) is 0 Å². The fourth-order valence-corrected chi connectivity index (χ4v) is 5.14. The summed E-state index contributed by atoms with van der Waals surface area (Å²) < 4.78 is 5.18. The summed E-state index contributed by atoms with van der Waals surface area (Å²) in [5, 5.41) is 10.3. The van der Waals surface area contributed by atoms with Crippen molar-refractivity contribution < 1.29 is 19.4 Å². The first-order chi connectivity index (χ1) is 17.4. The van der Waals surface area contributed by atoms with Crippen LogP contribution in [0.1, 0.15) is 16.8 Å². The van der Waals surface area contributed by atoms with Crippen LogP contribution in [0.15, 0.2) is 77.7 Å². The number of hydrogen-bond acceptors (Lipinski definition) is 5. The molecule has 8 heteroatoms. The molecule has 0 radical (unpaired) electrons. The van der Waals surface area contributed by atoms with Crippen LogP contribution in [0.4, 0.5) is 5.69 Å². The number of H-pyrrole nitrogens is 1. The third-order valence-electron chi connectivity index (χ3n) is 6.07.